The van der Waals surface area contributed by atoms with Crippen molar-refractivity contribution in [2.75, 3.05) is 45.6 Å². The van der Waals surface area contributed by atoms with Crippen molar-refractivity contribution in [1.29, 1.82) is 0 Å². The summed E-state index contributed by atoms with van der Waals surface area (Å²) in [4.78, 5) is 33.2. The van der Waals surface area contributed by atoms with Crippen molar-refractivity contribution in [2.45, 2.75) is 33.5 Å². The Morgan fingerprint density at radius 1 is 0.433 bits per heavy atom. The van der Waals surface area contributed by atoms with Crippen molar-refractivity contribution >= 4 is 52.2 Å². The van der Waals surface area contributed by atoms with Crippen molar-refractivity contribution in [3.05, 3.63) is 180 Å². The van der Waals surface area contributed by atoms with Crippen molar-refractivity contribution in [3.8, 4) is 0 Å². The number of rotatable bonds is 13. The number of amides is 3. The number of carbonyl (C=O) groups is 3. The van der Waals surface area contributed by atoms with Crippen molar-refractivity contribution in [3.63, 3.8) is 0 Å². The maximum atomic E-state index is 12.8. The summed E-state index contributed by atoms with van der Waals surface area (Å²) in [5.74, 6) is -0.810. The summed E-state index contributed by atoms with van der Waals surface area (Å²) >= 11 is 0. The summed E-state index contributed by atoms with van der Waals surface area (Å²) in [7, 11) is 1.31. The van der Waals surface area contributed by atoms with Gasteiger partial charge in [-0.3, -0.25) is 15.4 Å². The predicted molar refractivity (Wildman–Crippen MR) is 231 cm³/mol. The van der Waals surface area contributed by atoms with Crippen LogP contribution in [0.25, 0.3) is 0 Å². The maximum Gasteiger partial charge on any atom is 0.411 e. The molecule has 6 aromatic carbocycles. The van der Waals surface area contributed by atoms with Gasteiger partial charge in [-0.2, -0.15) is 0 Å². The number of methoxy groups -OCH3 is 1. The number of hydrogen-bond donors (Lipinski definition) is 6. The van der Waals surface area contributed by atoms with Crippen molar-refractivity contribution in [1.82, 2.24) is 0 Å². The molecular weight excluding hydrogens is 774 g/mol. The summed E-state index contributed by atoms with van der Waals surface area (Å²) in [6.45, 7) is 5.39. The fraction of sp³-hybridized carbons (Fsp3) is 0.152. The van der Waals surface area contributed by atoms with Crippen LogP contribution in [0, 0.1) is 17.5 Å². The van der Waals surface area contributed by atoms with Gasteiger partial charge in [0.25, 0.3) is 0 Å². The summed E-state index contributed by atoms with van der Waals surface area (Å²) < 4.78 is 47.6. The molecule has 3 amide bonds. The van der Waals surface area contributed by atoms with Crippen molar-refractivity contribution < 1.29 is 37.0 Å². The highest BCUT2D eigenvalue weighted by atomic mass is 19.1. The van der Waals surface area contributed by atoms with E-state index in [1.54, 1.807) is 67.6 Å². The predicted octanol–water partition coefficient (Wildman–Crippen LogP) is 11.0. The second-order valence-corrected chi connectivity index (χ2v) is 12.8. The lowest BCUT2D eigenvalue weighted by Crippen LogP contribution is -2.13. The molecule has 6 aromatic rings. The number of benzene rings is 6. The summed E-state index contributed by atoms with van der Waals surface area (Å²) in [5, 5.41) is 17.5. The van der Waals surface area contributed by atoms with E-state index in [1.165, 1.54) is 50.4 Å². The Morgan fingerprint density at radius 2 is 0.717 bits per heavy atom. The lowest BCUT2D eigenvalue weighted by Gasteiger charge is -2.08. The molecule has 6 N–H and O–H groups in total. The number of ether oxygens (including phenoxy) is 2. The monoisotopic (exact) mass is 820 g/mol. The van der Waals surface area contributed by atoms with Crippen LogP contribution in [0.1, 0.15) is 30.5 Å². The highest BCUT2D eigenvalue weighted by Crippen LogP contribution is 2.18. The molecule has 0 saturated heterocycles. The first-order valence-corrected chi connectivity index (χ1v) is 18.8. The van der Waals surface area contributed by atoms with Gasteiger partial charge in [-0.15, -0.1) is 0 Å². The first-order chi connectivity index (χ1) is 29.0. The molecular formula is C46H47F3N6O5. The van der Waals surface area contributed by atoms with E-state index in [9.17, 15) is 27.6 Å². The van der Waals surface area contributed by atoms with Gasteiger partial charge in [0, 0.05) is 60.7 Å². The van der Waals surface area contributed by atoms with Crippen LogP contribution in [0.2, 0.25) is 0 Å². The number of carbonyl (C=O) groups excluding carboxylic acids is 3. The fourth-order valence-electron chi connectivity index (χ4n) is 5.09. The number of nitrogens with one attached hydrogen (secondary N) is 6. The molecule has 0 saturated carbocycles. The van der Waals surface area contributed by atoms with Gasteiger partial charge in [0.2, 0.25) is 5.91 Å². The summed E-state index contributed by atoms with van der Waals surface area (Å²) in [6, 6.07) is 40.9. The quantitative estimate of drug-likeness (QED) is 0.0676. The van der Waals surface area contributed by atoms with E-state index in [1.807, 2.05) is 48.5 Å². The maximum absolute atomic E-state index is 12.8. The first-order valence-electron chi connectivity index (χ1n) is 18.8. The van der Waals surface area contributed by atoms with E-state index in [0.29, 0.717) is 37.6 Å². The fourth-order valence-corrected chi connectivity index (χ4v) is 5.09. The molecule has 0 aliphatic heterocycles. The molecule has 14 heteroatoms. The van der Waals surface area contributed by atoms with E-state index in [-0.39, 0.29) is 23.4 Å². The van der Waals surface area contributed by atoms with E-state index in [4.69, 9.17) is 4.74 Å². The minimum atomic E-state index is -0.503. The van der Waals surface area contributed by atoms with E-state index < -0.39 is 12.2 Å². The molecule has 60 heavy (non-hydrogen) atoms. The third-order valence-electron chi connectivity index (χ3n) is 8.16. The molecule has 0 aromatic heterocycles. The Morgan fingerprint density at radius 3 is 1.00 bits per heavy atom. The second-order valence-electron chi connectivity index (χ2n) is 12.8. The molecule has 0 bridgehead atoms. The highest BCUT2D eigenvalue weighted by molar-refractivity contribution is 5.89. The molecule has 0 radical (unpaired) electrons. The van der Waals surface area contributed by atoms with Gasteiger partial charge < -0.3 is 30.7 Å². The molecule has 6 rings (SSSR count). The summed E-state index contributed by atoms with van der Waals surface area (Å²) in [5.41, 5.74) is 7.84. The van der Waals surface area contributed by atoms with Crippen LogP contribution in [-0.2, 0) is 33.9 Å². The van der Waals surface area contributed by atoms with Crippen LogP contribution in [0.3, 0.4) is 0 Å². The van der Waals surface area contributed by atoms with Crippen LogP contribution in [0.4, 0.5) is 56.9 Å². The zero-order valence-corrected chi connectivity index (χ0v) is 33.4. The second kappa shape index (κ2) is 24.3. The number of hydrogen-bond acceptors (Lipinski definition) is 8. The van der Waals surface area contributed by atoms with Gasteiger partial charge in [0.15, 0.2) is 0 Å². The van der Waals surface area contributed by atoms with E-state index in [0.717, 1.165) is 39.4 Å². The Hall–Kier alpha value is -7.48. The van der Waals surface area contributed by atoms with Gasteiger partial charge in [-0.1, -0.05) is 36.4 Å². The molecule has 0 spiro atoms. The lowest BCUT2D eigenvalue weighted by atomic mass is 10.2. The van der Waals surface area contributed by atoms with Gasteiger partial charge >= 0.3 is 12.2 Å². The Kier molecular flexibility index (Phi) is 18.3. The van der Waals surface area contributed by atoms with Crippen LogP contribution in [0.15, 0.2) is 146 Å². The largest absolute Gasteiger partial charge is 0.453 e. The minimum absolute atomic E-state index is 0.0907. The standard InChI is InChI=1S/C16H17FN2O2.C15H15FN2O2.C15H15FN2O/c1-2-21-16(20)19-15-9-7-14(8-10-15)18-11-12-3-5-13(17)6-4-12;1-20-15(19)18-14-8-6-13(7-9-14)17-10-11-2-4-12(16)5-3-11;1-11(19)18-15-8-6-14(7-9-15)17-10-12-2-4-13(16)5-3-12/h3-10,18H,2,11H2,1H3,(H,19,20);2-9,17H,10H2,1H3,(H,18,19);2-9,17H,10H2,1H3,(H,18,19). The van der Waals surface area contributed by atoms with Gasteiger partial charge in [0.1, 0.15) is 17.5 Å². The zero-order chi connectivity index (χ0) is 43.1. The van der Waals surface area contributed by atoms with Crippen molar-refractivity contribution in [2.24, 2.45) is 0 Å². The highest BCUT2D eigenvalue weighted by Gasteiger charge is 2.03. The Labute approximate surface area is 347 Å². The van der Waals surface area contributed by atoms with E-state index >= 15 is 0 Å². The SMILES string of the molecule is CC(=O)Nc1ccc(NCc2ccc(F)cc2)cc1.CCOC(=O)Nc1ccc(NCc2ccc(F)cc2)cc1.COC(=O)Nc1ccc(NCc2ccc(F)cc2)cc1. The normalized spacial score (nSPS) is 9.97. The number of anilines is 6. The molecule has 0 aliphatic carbocycles. The number of halogens is 3. The van der Waals surface area contributed by atoms with Gasteiger partial charge in [0.05, 0.1) is 13.7 Å². The Balaban J connectivity index is 0.000000199. The van der Waals surface area contributed by atoms with E-state index in [2.05, 4.69) is 36.6 Å². The molecule has 0 aliphatic rings. The van der Waals surface area contributed by atoms with Crippen LogP contribution >= 0.6 is 0 Å². The Bertz CT molecular complexity index is 2210. The van der Waals surface area contributed by atoms with Gasteiger partial charge in [-0.05, 0) is 133 Å². The molecule has 312 valence electrons. The topological polar surface area (TPSA) is 142 Å². The summed E-state index contributed by atoms with van der Waals surface area (Å²) in [6.07, 6.45) is -0.971. The molecule has 0 fully saturated rings. The molecule has 11 nitrogen and oxygen atoms in total. The van der Waals surface area contributed by atoms with Crippen LogP contribution < -0.4 is 31.9 Å². The average Bonchev–Trinajstić information content (AvgIpc) is 3.25. The minimum Gasteiger partial charge on any atom is -0.453 e. The van der Waals surface area contributed by atoms with Gasteiger partial charge in [-0.25, -0.2) is 22.8 Å². The molecule has 0 atom stereocenters. The lowest BCUT2D eigenvalue weighted by molar-refractivity contribution is -0.114. The zero-order valence-electron chi connectivity index (χ0n) is 33.4. The smallest absolute Gasteiger partial charge is 0.411 e. The first kappa shape index (κ1) is 45.2. The average molecular weight is 821 g/mol. The third-order valence-corrected chi connectivity index (χ3v) is 8.16. The molecule has 0 heterocycles. The third kappa shape index (κ3) is 17.3. The van der Waals surface area contributed by atoms with Crippen LogP contribution in [0.5, 0.6) is 0 Å². The van der Waals surface area contributed by atoms with Crippen LogP contribution in [-0.4, -0.2) is 31.8 Å². The molecule has 0 unspecified atom stereocenters.